The summed E-state index contributed by atoms with van der Waals surface area (Å²) in [5.41, 5.74) is 1.25. The summed E-state index contributed by atoms with van der Waals surface area (Å²) < 4.78 is 23.0. The molecule has 0 fully saturated rings. The van der Waals surface area contributed by atoms with Gasteiger partial charge in [0.1, 0.15) is 25.5 Å². The van der Waals surface area contributed by atoms with Gasteiger partial charge in [0.25, 0.3) is 0 Å². The van der Waals surface area contributed by atoms with Crippen molar-refractivity contribution < 1.29 is 32.7 Å². The predicted molar refractivity (Wildman–Crippen MR) is 161 cm³/mol. The van der Waals surface area contributed by atoms with E-state index in [1.807, 2.05) is 12.1 Å². The highest BCUT2D eigenvalue weighted by Crippen LogP contribution is 2.33. The molecular formula is C31H57NO6P+. The molecule has 7 nitrogen and oxygen atoms in total. The number of benzene rings is 1. The summed E-state index contributed by atoms with van der Waals surface area (Å²) in [6.45, 7) is 5.30. The molecule has 1 aromatic carbocycles. The molecule has 2 unspecified atom stereocenters. The second kappa shape index (κ2) is 22.4. The van der Waals surface area contributed by atoms with E-state index >= 15 is 0 Å². The fourth-order valence-corrected chi connectivity index (χ4v) is 4.72. The Labute approximate surface area is 240 Å². The first-order valence-corrected chi connectivity index (χ1v) is 16.3. The Balaban J connectivity index is 2.31. The van der Waals surface area contributed by atoms with E-state index in [4.69, 9.17) is 18.5 Å². The van der Waals surface area contributed by atoms with Gasteiger partial charge >= 0.3 is 14.6 Å². The molecule has 0 spiro atoms. The van der Waals surface area contributed by atoms with Crippen molar-refractivity contribution in [3.63, 3.8) is 0 Å². The zero-order valence-corrected chi connectivity index (χ0v) is 26.4. The molecule has 1 aromatic rings. The lowest BCUT2D eigenvalue weighted by Crippen LogP contribution is -2.37. The first kappa shape index (κ1) is 35.8. The lowest BCUT2D eigenvalue weighted by atomic mass is 10.0. The lowest BCUT2D eigenvalue weighted by molar-refractivity contribution is -0.870. The Hall–Kier alpha value is -1.24. The minimum Gasteiger partial charge on any atom is -0.490 e. The quantitative estimate of drug-likeness (QED) is 0.0565. The lowest BCUT2D eigenvalue weighted by Gasteiger charge is -2.24. The number of nitrogens with zero attached hydrogens (tertiary/aromatic N) is 1. The SMILES string of the molecule is CCCCCCCCCCCCCCc1cccc(OCC(COP(O)OCC[N+](C)(C)C)OC(=O)CC)c1. The highest BCUT2D eigenvalue weighted by atomic mass is 31.2. The van der Waals surface area contributed by atoms with Crippen molar-refractivity contribution in [1.29, 1.82) is 0 Å². The second-order valence-electron chi connectivity index (χ2n) is 11.4. The summed E-state index contributed by atoms with van der Waals surface area (Å²) in [6, 6.07) is 8.11. The van der Waals surface area contributed by atoms with Gasteiger partial charge in [0, 0.05) is 6.42 Å². The first-order valence-electron chi connectivity index (χ1n) is 15.2. The molecule has 2 atom stereocenters. The summed E-state index contributed by atoms with van der Waals surface area (Å²) in [5, 5.41) is 0. The molecule has 0 heterocycles. The molecule has 39 heavy (non-hydrogen) atoms. The Kier molecular flexibility index (Phi) is 20.6. The average molecular weight is 571 g/mol. The topological polar surface area (TPSA) is 74.2 Å². The van der Waals surface area contributed by atoms with Crippen LogP contribution in [0.1, 0.15) is 103 Å². The molecule has 0 aliphatic heterocycles. The molecule has 0 aliphatic carbocycles. The Morgan fingerprint density at radius 3 is 2.08 bits per heavy atom. The maximum Gasteiger partial charge on any atom is 0.330 e. The summed E-state index contributed by atoms with van der Waals surface area (Å²) in [5.74, 6) is 0.413. The van der Waals surface area contributed by atoms with Crippen LogP contribution in [0.25, 0.3) is 0 Å². The van der Waals surface area contributed by atoms with E-state index in [-0.39, 0.29) is 25.6 Å². The van der Waals surface area contributed by atoms with E-state index < -0.39 is 14.7 Å². The van der Waals surface area contributed by atoms with Crippen LogP contribution in [0.2, 0.25) is 0 Å². The molecule has 0 amide bonds. The number of carbonyl (C=O) groups is 1. The highest BCUT2D eigenvalue weighted by molar-refractivity contribution is 7.40. The molecule has 0 aliphatic rings. The van der Waals surface area contributed by atoms with Gasteiger partial charge < -0.3 is 27.9 Å². The van der Waals surface area contributed by atoms with Crippen molar-refractivity contribution in [2.75, 3.05) is 47.5 Å². The maximum absolute atomic E-state index is 11.9. The molecule has 0 saturated heterocycles. The van der Waals surface area contributed by atoms with Crippen molar-refractivity contribution in [1.82, 2.24) is 0 Å². The maximum atomic E-state index is 11.9. The van der Waals surface area contributed by atoms with Gasteiger partial charge in [-0.05, 0) is 30.5 Å². The molecule has 0 radical (unpaired) electrons. The normalized spacial score (nSPS) is 13.3. The molecule has 0 bridgehead atoms. The van der Waals surface area contributed by atoms with Gasteiger partial charge in [0.2, 0.25) is 0 Å². The molecule has 1 N–H and O–H groups in total. The van der Waals surface area contributed by atoms with E-state index in [2.05, 4.69) is 40.2 Å². The summed E-state index contributed by atoms with van der Waals surface area (Å²) in [6.07, 6.45) is 16.8. The van der Waals surface area contributed by atoms with Crippen LogP contribution in [-0.2, 0) is 25.0 Å². The number of likely N-dealkylation sites (N-methyl/N-ethyl adjacent to an activating group) is 1. The summed E-state index contributed by atoms with van der Waals surface area (Å²) in [7, 11) is 4.11. The van der Waals surface area contributed by atoms with Crippen molar-refractivity contribution in [2.24, 2.45) is 0 Å². The van der Waals surface area contributed by atoms with Gasteiger partial charge in [-0.2, -0.15) is 0 Å². The molecule has 226 valence electrons. The second-order valence-corrected chi connectivity index (χ2v) is 12.4. The van der Waals surface area contributed by atoms with Gasteiger partial charge in [-0.1, -0.05) is 96.6 Å². The van der Waals surface area contributed by atoms with E-state index in [9.17, 15) is 9.69 Å². The number of aryl methyl sites for hydroxylation is 1. The number of esters is 1. The summed E-state index contributed by atoms with van der Waals surface area (Å²) >= 11 is 0. The highest BCUT2D eigenvalue weighted by Gasteiger charge is 2.19. The Morgan fingerprint density at radius 2 is 1.49 bits per heavy atom. The number of ether oxygens (including phenoxy) is 2. The number of hydrogen-bond donors (Lipinski definition) is 1. The zero-order chi connectivity index (χ0) is 28.8. The Morgan fingerprint density at radius 1 is 0.872 bits per heavy atom. The van der Waals surface area contributed by atoms with Gasteiger partial charge in [-0.3, -0.25) is 4.79 Å². The van der Waals surface area contributed by atoms with Crippen molar-refractivity contribution in [3.05, 3.63) is 29.8 Å². The largest absolute Gasteiger partial charge is 0.490 e. The van der Waals surface area contributed by atoms with Crippen LogP contribution in [0.15, 0.2) is 24.3 Å². The number of unbranched alkanes of at least 4 members (excludes halogenated alkanes) is 11. The molecule has 8 heteroatoms. The van der Waals surface area contributed by atoms with Crippen LogP contribution in [0.4, 0.5) is 0 Å². The fourth-order valence-electron chi connectivity index (χ4n) is 4.11. The Bertz CT molecular complexity index is 742. The molecule has 1 rings (SSSR count). The van der Waals surface area contributed by atoms with Gasteiger partial charge in [0.15, 0.2) is 6.10 Å². The van der Waals surface area contributed by atoms with Gasteiger partial charge in [-0.25, -0.2) is 0 Å². The van der Waals surface area contributed by atoms with Crippen LogP contribution >= 0.6 is 8.60 Å². The predicted octanol–water partition coefficient (Wildman–Crippen LogP) is 7.59. The van der Waals surface area contributed by atoms with Crippen LogP contribution in [0.3, 0.4) is 0 Å². The van der Waals surface area contributed by atoms with Crippen LogP contribution in [0, 0.1) is 0 Å². The van der Waals surface area contributed by atoms with E-state index in [1.54, 1.807) is 6.92 Å². The van der Waals surface area contributed by atoms with Crippen molar-refractivity contribution in [2.45, 2.75) is 110 Å². The molecule has 0 saturated carbocycles. The number of rotatable bonds is 25. The molecular weight excluding hydrogens is 513 g/mol. The van der Waals surface area contributed by atoms with Gasteiger partial charge in [-0.15, -0.1) is 0 Å². The minimum atomic E-state index is -2.04. The van der Waals surface area contributed by atoms with Crippen LogP contribution < -0.4 is 4.74 Å². The first-order chi connectivity index (χ1) is 18.7. The van der Waals surface area contributed by atoms with E-state index in [0.717, 1.165) is 23.2 Å². The summed E-state index contributed by atoms with van der Waals surface area (Å²) in [4.78, 5) is 21.9. The fraction of sp³-hybridized carbons (Fsp3) is 0.774. The third kappa shape index (κ3) is 21.2. The van der Waals surface area contributed by atoms with E-state index in [1.165, 1.54) is 82.6 Å². The van der Waals surface area contributed by atoms with Crippen LogP contribution in [-0.4, -0.2) is 69.0 Å². The number of carbonyl (C=O) groups excluding carboxylic acids is 1. The number of hydrogen-bond acceptors (Lipinski definition) is 6. The van der Waals surface area contributed by atoms with Gasteiger partial charge in [0.05, 0.1) is 27.7 Å². The third-order valence-corrected chi connectivity index (χ3v) is 7.35. The zero-order valence-electron chi connectivity index (χ0n) is 25.5. The molecule has 0 aromatic heterocycles. The van der Waals surface area contributed by atoms with E-state index in [0.29, 0.717) is 6.61 Å². The minimum absolute atomic E-state index is 0.0108. The van der Waals surface area contributed by atoms with Crippen molar-refractivity contribution >= 4 is 14.6 Å². The van der Waals surface area contributed by atoms with Crippen LogP contribution in [0.5, 0.6) is 5.75 Å². The van der Waals surface area contributed by atoms with Crippen molar-refractivity contribution in [3.8, 4) is 5.75 Å². The third-order valence-electron chi connectivity index (χ3n) is 6.57. The smallest absolute Gasteiger partial charge is 0.330 e. The monoisotopic (exact) mass is 570 g/mol. The number of quaternary nitrogens is 1. The average Bonchev–Trinajstić information content (AvgIpc) is 2.90. The standard InChI is InChI=1S/C31H57NO6P/c1-6-8-9-10-11-12-13-14-15-16-17-18-20-28-21-19-22-29(25-28)35-26-30(38-31(33)7-2)27-37-39(34)36-24-23-32(3,4)5/h19,21-22,25,30,34H,6-18,20,23-24,26-27H2,1-5H3/q+1.